The van der Waals surface area contributed by atoms with Crippen LogP contribution < -0.4 is 0 Å². The number of fused-ring (bicyclic) bond motifs is 1. The molecule has 12 heteroatoms. The van der Waals surface area contributed by atoms with Crippen molar-refractivity contribution in [3.63, 3.8) is 0 Å². The predicted molar refractivity (Wildman–Crippen MR) is 135 cm³/mol. The van der Waals surface area contributed by atoms with Crippen molar-refractivity contribution in [1.29, 1.82) is 0 Å². The minimum absolute atomic E-state index is 0.130. The Kier molecular flexibility index (Phi) is 7.79. The predicted octanol–water partition coefficient (Wildman–Crippen LogP) is 3.82. The first-order valence-corrected chi connectivity index (χ1v) is 14.0. The van der Waals surface area contributed by atoms with Gasteiger partial charge >= 0.3 is 23.9 Å². The lowest BCUT2D eigenvalue weighted by Gasteiger charge is -2.43. The number of carbonyl (C=O) groups excluding carboxylic acids is 3. The number of hydrogen-bond acceptors (Lipinski definition) is 9. The van der Waals surface area contributed by atoms with Gasteiger partial charge in [-0.3, -0.25) is 0 Å². The van der Waals surface area contributed by atoms with Gasteiger partial charge in [-0.25, -0.2) is 28.1 Å². The number of benzene rings is 2. The van der Waals surface area contributed by atoms with Crippen LogP contribution in [0.25, 0.3) is 0 Å². The Balaban J connectivity index is 1.19. The second-order valence-electron chi connectivity index (χ2n) is 9.62. The Morgan fingerprint density at radius 3 is 1.95 bits per heavy atom. The summed E-state index contributed by atoms with van der Waals surface area (Å²) < 4.78 is 49.6. The summed E-state index contributed by atoms with van der Waals surface area (Å²) in [5, 5.41) is 0. The van der Waals surface area contributed by atoms with E-state index in [1.165, 1.54) is 36.0 Å². The lowest BCUT2D eigenvalue weighted by Crippen LogP contribution is -2.63. The molecule has 0 unspecified atom stereocenters. The maximum absolute atomic E-state index is 13.5. The normalized spacial score (nSPS) is 20.1. The third-order valence-electron chi connectivity index (χ3n) is 7.23. The first-order valence-electron chi connectivity index (χ1n) is 12.6. The molecule has 0 aliphatic carbocycles. The number of hydrogen-bond donors (Lipinski definition) is 0. The van der Waals surface area contributed by atoms with Gasteiger partial charge in [-0.15, -0.1) is 11.8 Å². The van der Waals surface area contributed by atoms with Crippen LogP contribution in [0.3, 0.4) is 0 Å². The summed E-state index contributed by atoms with van der Waals surface area (Å²) in [5.41, 5.74) is 0.226. The number of carbonyl (C=O) groups is 3. The molecular weight excluding hydrogens is 534 g/mol. The van der Waals surface area contributed by atoms with Crippen LogP contribution in [0.4, 0.5) is 13.6 Å². The fourth-order valence-electron chi connectivity index (χ4n) is 5.28. The molecule has 2 aromatic rings. The van der Waals surface area contributed by atoms with Gasteiger partial charge in [0.05, 0.1) is 5.88 Å². The largest absolute Gasteiger partial charge is 0.432 e. The van der Waals surface area contributed by atoms with Gasteiger partial charge in [0.25, 0.3) is 0 Å². The van der Waals surface area contributed by atoms with Crippen molar-refractivity contribution in [1.82, 2.24) is 9.80 Å². The number of amides is 1. The Hall–Kier alpha value is -3.22. The summed E-state index contributed by atoms with van der Waals surface area (Å²) in [6.45, 7) is 2.08. The molecule has 0 bridgehead atoms. The van der Waals surface area contributed by atoms with Crippen molar-refractivity contribution in [3.8, 4) is 0 Å². The number of ether oxygens (including phenoxy) is 4. The molecule has 0 aromatic heterocycles. The van der Waals surface area contributed by atoms with Crippen LogP contribution in [0, 0.1) is 11.6 Å². The van der Waals surface area contributed by atoms with Crippen molar-refractivity contribution in [2.45, 2.75) is 36.9 Å². The molecule has 0 radical (unpaired) electrons. The Morgan fingerprint density at radius 2 is 1.44 bits per heavy atom. The molecule has 2 spiro atoms. The Labute approximate surface area is 228 Å². The lowest BCUT2D eigenvalue weighted by atomic mass is 9.87. The summed E-state index contributed by atoms with van der Waals surface area (Å²) in [4.78, 5) is 40.0. The Bertz CT molecular complexity index is 1160. The van der Waals surface area contributed by atoms with Crippen molar-refractivity contribution in [3.05, 3.63) is 71.3 Å². The van der Waals surface area contributed by atoms with Crippen LogP contribution in [-0.4, -0.2) is 77.7 Å². The zero-order valence-corrected chi connectivity index (χ0v) is 22.1. The highest BCUT2D eigenvalue weighted by atomic mass is 32.2. The molecule has 3 heterocycles. The summed E-state index contributed by atoms with van der Waals surface area (Å²) in [6, 6.07) is 12.0. The van der Waals surface area contributed by atoms with Gasteiger partial charge < -0.3 is 23.8 Å². The summed E-state index contributed by atoms with van der Waals surface area (Å²) >= 11 is 1.31. The van der Waals surface area contributed by atoms with Crippen molar-refractivity contribution in [2.75, 3.05) is 38.4 Å². The van der Waals surface area contributed by atoms with Gasteiger partial charge in [-0.05, 0) is 48.1 Å². The van der Waals surface area contributed by atoms with Crippen LogP contribution in [0.1, 0.15) is 36.5 Å². The van der Waals surface area contributed by atoms with Crippen molar-refractivity contribution < 1.29 is 42.1 Å². The van der Waals surface area contributed by atoms with E-state index in [0.717, 1.165) is 16.0 Å². The minimum atomic E-state index is -1.89. The van der Waals surface area contributed by atoms with Gasteiger partial charge in [0.1, 0.15) is 17.7 Å². The monoisotopic (exact) mass is 562 g/mol. The van der Waals surface area contributed by atoms with E-state index in [4.69, 9.17) is 18.9 Å². The smallest absolute Gasteiger partial charge is 0.422 e. The maximum atomic E-state index is 13.5. The minimum Gasteiger partial charge on any atom is -0.432 e. The van der Waals surface area contributed by atoms with Crippen molar-refractivity contribution >= 4 is 29.8 Å². The summed E-state index contributed by atoms with van der Waals surface area (Å²) in [5.74, 6) is -4.76. The number of rotatable bonds is 9. The fourth-order valence-corrected chi connectivity index (χ4v) is 5.81. The highest BCUT2D eigenvalue weighted by Gasteiger charge is 2.75. The molecule has 9 nitrogen and oxygen atoms in total. The average molecular weight is 563 g/mol. The molecule has 0 N–H and O–H groups in total. The topological polar surface area (TPSA) is 94.6 Å². The van der Waals surface area contributed by atoms with E-state index in [1.54, 1.807) is 30.5 Å². The number of nitrogens with zero attached hydrogens (tertiary/aromatic N) is 2. The number of thioether (sulfide) groups is 1. The third-order valence-corrected chi connectivity index (χ3v) is 7.75. The molecule has 5 rings (SSSR count). The summed E-state index contributed by atoms with van der Waals surface area (Å²) in [6.07, 6.45) is 1.87. The first kappa shape index (κ1) is 27.4. The van der Waals surface area contributed by atoms with Gasteiger partial charge in [-0.2, -0.15) is 0 Å². The van der Waals surface area contributed by atoms with Crippen LogP contribution in [0.5, 0.6) is 0 Å². The SMILES string of the molecule is CSCN1C(=O)OC2(CCN(CCCOC(c3ccc(F)cc3)c3ccc(F)cc3)CC2)C12OC(=O)C(=O)O2. The van der Waals surface area contributed by atoms with E-state index >= 15 is 0 Å². The van der Waals surface area contributed by atoms with E-state index in [-0.39, 0.29) is 17.5 Å². The van der Waals surface area contributed by atoms with E-state index in [2.05, 4.69) is 4.90 Å². The second-order valence-corrected chi connectivity index (χ2v) is 10.5. The number of likely N-dealkylation sites (tertiary alicyclic amines) is 1. The van der Waals surface area contributed by atoms with Crippen LogP contribution in [-0.2, 0) is 28.5 Å². The molecule has 208 valence electrons. The highest BCUT2D eigenvalue weighted by Crippen LogP contribution is 2.50. The zero-order chi connectivity index (χ0) is 27.6. The van der Waals surface area contributed by atoms with E-state index in [1.807, 2.05) is 0 Å². The van der Waals surface area contributed by atoms with Gasteiger partial charge in [0, 0.05) is 39.1 Å². The number of esters is 2. The third kappa shape index (κ3) is 5.20. The highest BCUT2D eigenvalue weighted by molar-refractivity contribution is 7.98. The number of piperidine rings is 1. The van der Waals surface area contributed by atoms with Gasteiger partial charge in [0.15, 0.2) is 0 Å². The molecule has 39 heavy (non-hydrogen) atoms. The molecule has 1 amide bonds. The molecule has 0 saturated carbocycles. The second kappa shape index (κ2) is 11.1. The lowest BCUT2D eigenvalue weighted by molar-refractivity contribution is -0.284. The van der Waals surface area contributed by atoms with E-state index in [0.29, 0.717) is 45.5 Å². The zero-order valence-electron chi connectivity index (χ0n) is 21.3. The van der Waals surface area contributed by atoms with Crippen LogP contribution in [0.15, 0.2) is 48.5 Å². The number of halogens is 2. The Morgan fingerprint density at radius 1 is 0.897 bits per heavy atom. The molecule has 3 saturated heterocycles. The molecule has 3 aliphatic heterocycles. The molecule has 2 aromatic carbocycles. The molecule has 3 aliphatic rings. The van der Waals surface area contributed by atoms with E-state index in [9.17, 15) is 23.2 Å². The quantitative estimate of drug-likeness (QED) is 0.257. The van der Waals surface area contributed by atoms with Crippen LogP contribution >= 0.6 is 11.8 Å². The molecule has 0 atom stereocenters. The fraction of sp³-hybridized carbons (Fsp3) is 0.444. The average Bonchev–Trinajstić information content (AvgIpc) is 3.34. The van der Waals surface area contributed by atoms with Crippen LogP contribution in [0.2, 0.25) is 0 Å². The van der Waals surface area contributed by atoms with Gasteiger partial charge in [-0.1, -0.05) is 24.3 Å². The molecular formula is C27H28F2N2O7S. The van der Waals surface area contributed by atoms with E-state index < -0.39 is 35.6 Å². The van der Waals surface area contributed by atoms with Gasteiger partial charge in [0.2, 0.25) is 5.60 Å². The standard InChI is InChI=1S/C27H28F2N2O7S/c1-39-17-31-25(34)38-26(27(31)36-23(32)24(33)37-27)11-14-30(15-12-26)13-2-16-35-22(18-3-7-20(28)8-4-18)19-5-9-21(29)10-6-19/h3-10,22H,2,11-17H2,1H3. The summed E-state index contributed by atoms with van der Waals surface area (Å²) in [7, 11) is 0. The maximum Gasteiger partial charge on any atom is 0.422 e. The van der Waals surface area contributed by atoms with Crippen molar-refractivity contribution in [2.24, 2.45) is 0 Å². The first-order chi connectivity index (χ1) is 18.8. The molecule has 3 fully saturated rings.